The summed E-state index contributed by atoms with van der Waals surface area (Å²) in [7, 11) is -4.30. The minimum atomic E-state index is -4.30. The van der Waals surface area contributed by atoms with E-state index in [1.807, 2.05) is 12.1 Å². The molecule has 33 heavy (non-hydrogen) atoms. The van der Waals surface area contributed by atoms with Crippen molar-refractivity contribution in [3.63, 3.8) is 0 Å². The summed E-state index contributed by atoms with van der Waals surface area (Å²) in [5.74, 6) is -1.62. The van der Waals surface area contributed by atoms with Gasteiger partial charge in [-0.1, -0.05) is 35.9 Å². The predicted octanol–water partition coefficient (Wildman–Crippen LogP) is 5.21. The van der Waals surface area contributed by atoms with Crippen LogP contribution in [0.15, 0.2) is 84.3 Å². The highest BCUT2D eigenvalue weighted by Gasteiger charge is 2.33. The Morgan fingerprint density at radius 1 is 1.06 bits per heavy atom. The lowest BCUT2D eigenvalue weighted by Gasteiger charge is -2.32. The minimum Gasteiger partial charge on any atom is -0.256 e. The molecule has 0 saturated carbocycles. The number of halogens is 3. The fraction of sp³-hybridized carbons (Fsp3) is 0.130. The third kappa shape index (κ3) is 4.74. The van der Waals surface area contributed by atoms with Gasteiger partial charge in [-0.3, -0.25) is 4.31 Å². The predicted molar refractivity (Wildman–Crippen MR) is 121 cm³/mol. The Kier molecular flexibility index (Phi) is 6.44. The van der Waals surface area contributed by atoms with Crippen LogP contribution in [0.25, 0.3) is 0 Å². The molecule has 0 radical (unpaired) electrons. The molecule has 0 aliphatic heterocycles. The van der Waals surface area contributed by atoms with Gasteiger partial charge in [0.15, 0.2) is 0 Å². The monoisotopic (exact) mass is 488 g/mol. The molecule has 0 bridgehead atoms. The van der Waals surface area contributed by atoms with Crippen LogP contribution in [0.4, 0.5) is 14.5 Å². The second-order valence-electron chi connectivity index (χ2n) is 7.32. The van der Waals surface area contributed by atoms with E-state index >= 15 is 0 Å². The van der Waals surface area contributed by atoms with Crippen molar-refractivity contribution < 1.29 is 17.2 Å². The highest BCUT2D eigenvalue weighted by molar-refractivity contribution is 7.92. The molecule has 0 spiro atoms. The summed E-state index contributed by atoms with van der Waals surface area (Å²) in [5, 5.41) is 4.45. The molecule has 1 unspecified atom stereocenters. The van der Waals surface area contributed by atoms with Gasteiger partial charge in [0.2, 0.25) is 0 Å². The second-order valence-corrected chi connectivity index (χ2v) is 9.57. The molecule has 3 aromatic carbocycles. The summed E-state index contributed by atoms with van der Waals surface area (Å²) < 4.78 is 58.9. The molecule has 0 aliphatic carbocycles. The maximum Gasteiger partial charge on any atom is 0.264 e. The number of nitrogens with zero attached hydrogens (tertiary/aromatic N) is 4. The zero-order chi connectivity index (χ0) is 23.6. The first kappa shape index (κ1) is 22.9. The quantitative estimate of drug-likeness (QED) is 0.358. The van der Waals surface area contributed by atoms with Gasteiger partial charge < -0.3 is 0 Å². The lowest BCUT2D eigenvalue weighted by atomic mass is 10.0. The molecule has 4 aromatic rings. The van der Waals surface area contributed by atoms with E-state index in [9.17, 15) is 17.2 Å². The molecule has 4 rings (SSSR count). The fourth-order valence-electron chi connectivity index (χ4n) is 3.62. The maximum atomic E-state index is 14.9. The Hall–Kier alpha value is -3.30. The van der Waals surface area contributed by atoms with Crippen LogP contribution >= 0.6 is 11.6 Å². The van der Waals surface area contributed by atoms with Gasteiger partial charge in [-0.05, 0) is 54.4 Å². The molecular weight excluding hydrogens is 470 g/mol. The molecule has 0 N–H and O–H groups in total. The number of benzene rings is 3. The van der Waals surface area contributed by atoms with Crippen LogP contribution in [0.2, 0.25) is 5.02 Å². The van der Waals surface area contributed by atoms with Crippen LogP contribution < -0.4 is 4.31 Å². The van der Waals surface area contributed by atoms with Gasteiger partial charge in [0.1, 0.15) is 24.3 Å². The van der Waals surface area contributed by atoms with Crippen LogP contribution in [0.1, 0.15) is 24.1 Å². The molecule has 10 heteroatoms. The largest absolute Gasteiger partial charge is 0.264 e. The van der Waals surface area contributed by atoms with E-state index in [1.54, 1.807) is 23.7 Å². The summed E-state index contributed by atoms with van der Waals surface area (Å²) in [5.41, 5.74) is 0.964. The van der Waals surface area contributed by atoms with E-state index in [0.717, 1.165) is 28.1 Å². The van der Waals surface area contributed by atoms with Crippen molar-refractivity contribution in [2.45, 2.75) is 24.4 Å². The van der Waals surface area contributed by atoms with Crippen LogP contribution in [0.3, 0.4) is 0 Å². The molecule has 0 aliphatic rings. The number of aromatic nitrogens is 3. The number of sulfonamides is 1. The Bertz CT molecular complexity index is 1360. The van der Waals surface area contributed by atoms with Gasteiger partial charge in [-0.15, -0.1) is 0 Å². The average molecular weight is 489 g/mol. The maximum absolute atomic E-state index is 14.9. The van der Waals surface area contributed by atoms with E-state index in [0.29, 0.717) is 17.1 Å². The number of hydrogen-bond acceptors (Lipinski definition) is 4. The molecule has 1 atom stereocenters. The molecule has 1 aromatic heterocycles. The lowest BCUT2D eigenvalue weighted by molar-refractivity contribution is 0.569. The van der Waals surface area contributed by atoms with Gasteiger partial charge in [0, 0.05) is 11.1 Å². The average Bonchev–Trinajstić information content (AvgIpc) is 3.30. The van der Waals surface area contributed by atoms with E-state index in [1.165, 1.54) is 36.9 Å². The first-order valence-electron chi connectivity index (χ1n) is 9.92. The van der Waals surface area contributed by atoms with Crippen molar-refractivity contribution in [3.05, 3.63) is 107 Å². The molecule has 6 nitrogen and oxygen atoms in total. The zero-order valence-electron chi connectivity index (χ0n) is 17.4. The van der Waals surface area contributed by atoms with Crippen molar-refractivity contribution in [1.29, 1.82) is 0 Å². The van der Waals surface area contributed by atoms with Gasteiger partial charge in [-0.25, -0.2) is 26.9 Å². The molecule has 0 fully saturated rings. The summed E-state index contributed by atoms with van der Waals surface area (Å²) in [4.78, 5) is 3.83. The standard InChI is InChI=1S/C23H19ClF2N4O2S/c1-16(21-5-3-2-4-17(21)13-29-15-27-14-28-29)30(23-12-19(25)8-11-22(23)26)33(31,32)20-9-6-18(24)7-10-20/h2-12,14-16H,13H2,1H3. The second kappa shape index (κ2) is 9.29. The first-order chi connectivity index (χ1) is 15.8. The van der Waals surface area contributed by atoms with Gasteiger partial charge in [-0.2, -0.15) is 5.10 Å². The Labute approximate surface area is 195 Å². The van der Waals surface area contributed by atoms with Crippen molar-refractivity contribution in [1.82, 2.24) is 14.8 Å². The van der Waals surface area contributed by atoms with Gasteiger partial charge in [0.25, 0.3) is 10.0 Å². The summed E-state index contributed by atoms with van der Waals surface area (Å²) >= 11 is 5.92. The SMILES string of the molecule is CC(c1ccccc1Cn1cncn1)N(c1cc(F)ccc1F)S(=O)(=O)c1ccc(Cl)cc1. The van der Waals surface area contributed by atoms with Crippen LogP contribution in [0.5, 0.6) is 0 Å². The summed E-state index contributed by atoms with van der Waals surface area (Å²) in [6.45, 7) is 1.94. The van der Waals surface area contributed by atoms with Crippen LogP contribution in [-0.2, 0) is 16.6 Å². The van der Waals surface area contributed by atoms with Crippen LogP contribution in [0, 0.1) is 11.6 Å². The van der Waals surface area contributed by atoms with E-state index < -0.39 is 33.4 Å². The molecule has 1 heterocycles. The third-order valence-corrected chi connectivity index (χ3v) is 7.32. The number of rotatable bonds is 7. The summed E-state index contributed by atoms with van der Waals surface area (Å²) in [6, 6.07) is 14.5. The van der Waals surface area contributed by atoms with Crippen molar-refractivity contribution in [2.24, 2.45) is 0 Å². The number of hydrogen-bond donors (Lipinski definition) is 0. The normalized spacial score (nSPS) is 12.5. The summed E-state index contributed by atoms with van der Waals surface area (Å²) in [6.07, 6.45) is 2.93. The van der Waals surface area contributed by atoms with Crippen molar-refractivity contribution in [2.75, 3.05) is 4.31 Å². The highest BCUT2D eigenvalue weighted by atomic mass is 35.5. The molecule has 0 amide bonds. The minimum absolute atomic E-state index is 0.101. The Balaban J connectivity index is 1.87. The topological polar surface area (TPSA) is 68.1 Å². The smallest absolute Gasteiger partial charge is 0.256 e. The third-order valence-electron chi connectivity index (χ3n) is 5.17. The molecular formula is C23H19ClF2N4O2S. The Morgan fingerprint density at radius 2 is 1.79 bits per heavy atom. The van der Waals surface area contributed by atoms with E-state index in [-0.39, 0.29) is 4.90 Å². The molecule has 0 saturated heterocycles. The van der Waals surface area contributed by atoms with E-state index in [4.69, 9.17) is 11.6 Å². The fourth-order valence-corrected chi connectivity index (χ4v) is 5.38. The highest BCUT2D eigenvalue weighted by Crippen LogP contribution is 2.36. The molecule has 170 valence electrons. The van der Waals surface area contributed by atoms with Crippen molar-refractivity contribution in [3.8, 4) is 0 Å². The lowest BCUT2D eigenvalue weighted by Crippen LogP contribution is -2.35. The van der Waals surface area contributed by atoms with Crippen molar-refractivity contribution >= 4 is 27.3 Å². The van der Waals surface area contributed by atoms with Gasteiger partial charge >= 0.3 is 0 Å². The van der Waals surface area contributed by atoms with Gasteiger partial charge in [0.05, 0.1) is 23.2 Å². The van der Waals surface area contributed by atoms with Crippen LogP contribution in [-0.4, -0.2) is 23.2 Å². The number of anilines is 1. The Morgan fingerprint density at radius 3 is 2.48 bits per heavy atom. The van der Waals surface area contributed by atoms with E-state index in [2.05, 4.69) is 10.1 Å². The zero-order valence-corrected chi connectivity index (χ0v) is 19.0. The first-order valence-corrected chi connectivity index (χ1v) is 11.7.